The fraction of sp³-hybridized carbons (Fsp3) is 0.0476. The van der Waals surface area contributed by atoms with Gasteiger partial charge in [0, 0.05) is 11.1 Å². The van der Waals surface area contributed by atoms with E-state index >= 15 is 0 Å². The van der Waals surface area contributed by atoms with E-state index in [1.165, 1.54) is 24.3 Å². The first-order chi connectivity index (χ1) is 12.1. The summed E-state index contributed by atoms with van der Waals surface area (Å²) in [5.41, 5.74) is 1.33. The van der Waals surface area contributed by atoms with E-state index in [1.807, 2.05) is 12.1 Å². The third-order valence-electron chi connectivity index (χ3n) is 3.73. The van der Waals surface area contributed by atoms with Gasteiger partial charge >= 0.3 is 5.97 Å². The lowest BCUT2D eigenvalue weighted by Crippen LogP contribution is -2.20. The quantitative estimate of drug-likeness (QED) is 0.562. The number of carbonyl (C=O) groups is 2. The number of phenols is 1. The van der Waals surface area contributed by atoms with Crippen molar-refractivity contribution < 1.29 is 19.4 Å². The molecule has 0 bridgehead atoms. The Balaban J connectivity index is 1.90. The van der Waals surface area contributed by atoms with Crippen molar-refractivity contribution in [3.8, 4) is 5.75 Å². The third kappa shape index (κ3) is 3.93. The lowest BCUT2D eigenvalue weighted by atomic mass is 10.00. The zero-order valence-corrected chi connectivity index (χ0v) is 13.3. The van der Waals surface area contributed by atoms with Crippen molar-refractivity contribution in [1.82, 2.24) is 0 Å². The van der Waals surface area contributed by atoms with Gasteiger partial charge in [-0.2, -0.15) is 0 Å². The minimum absolute atomic E-state index is 0.0523. The molecule has 3 aromatic rings. The topological polar surface area (TPSA) is 63.6 Å². The first-order valence-corrected chi connectivity index (χ1v) is 7.79. The molecule has 0 radical (unpaired) electrons. The van der Waals surface area contributed by atoms with E-state index in [-0.39, 0.29) is 17.1 Å². The maximum absolute atomic E-state index is 12.8. The number of rotatable bonds is 5. The summed E-state index contributed by atoms with van der Waals surface area (Å²) in [7, 11) is 0. The van der Waals surface area contributed by atoms with Crippen LogP contribution in [0.15, 0.2) is 84.9 Å². The first kappa shape index (κ1) is 16.5. The SMILES string of the molecule is O=C(O[C@@H](C(=O)c1ccccc1)c1ccccc1)c1ccc(O)cc1. The van der Waals surface area contributed by atoms with Crippen LogP contribution in [0.1, 0.15) is 32.4 Å². The number of phenolic OH excluding ortho intramolecular Hbond substituents is 1. The van der Waals surface area contributed by atoms with Crippen LogP contribution in [-0.4, -0.2) is 16.9 Å². The van der Waals surface area contributed by atoms with E-state index < -0.39 is 12.1 Å². The Bertz CT molecular complexity index is 855. The van der Waals surface area contributed by atoms with Crippen molar-refractivity contribution in [3.63, 3.8) is 0 Å². The van der Waals surface area contributed by atoms with E-state index in [1.54, 1.807) is 48.5 Å². The molecule has 124 valence electrons. The van der Waals surface area contributed by atoms with Crippen molar-refractivity contribution >= 4 is 11.8 Å². The smallest absolute Gasteiger partial charge is 0.339 e. The molecular formula is C21H16O4. The molecule has 4 heteroatoms. The number of ether oxygens (including phenoxy) is 1. The number of hydrogen-bond donors (Lipinski definition) is 1. The minimum Gasteiger partial charge on any atom is -0.508 e. The first-order valence-electron chi connectivity index (χ1n) is 7.79. The highest BCUT2D eigenvalue weighted by Gasteiger charge is 2.26. The zero-order valence-electron chi connectivity index (χ0n) is 13.3. The van der Waals surface area contributed by atoms with Crippen molar-refractivity contribution in [2.45, 2.75) is 6.10 Å². The van der Waals surface area contributed by atoms with Crippen LogP contribution in [0.3, 0.4) is 0 Å². The Morgan fingerprint density at radius 1 is 0.720 bits per heavy atom. The summed E-state index contributed by atoms with van der Waals surface area (Å²) in [6, 6.07) is 23.3. The van der Waals surface area contributed by atoms with Crippen LogP contribution in [0.2, 0.25) is 0 Å². The van der Waals surface area contributed by atoms with Gasteiger partial charge in [0.05, 0.1) is 5.56 Å². The van der Waals surface area contributed by atoms with Gasteiger partial charge in [0.2, 0.25) is 5.78 Å². The Kier molecular flexibility index (Phi) is 4.90. The van der Waals surface area contributed by atoms with Crippen LogP contribution >= 0.6 is 0 Å². The van der Waals surface area contributed by atoms with Gasteiger partial charge in [-0.15, -0.1) is 0 Å². The minimum atomic E-state index is -1.04. The molecule has 0 saturated carbocycles. The Labute approximate surface area is 145 Å². The molecule has 0 spiro atoms. The Hall–Kier alpha value is -3.40. The van der Waals surface area contributed by atoms with Gasteiger partial charge in [0.25, 0.3) is 0 Å². The van der Waals surface area contributed by atoms with Crippen LogP contribution in [-0.2, 0) is 4.74 Å². The number of hydrogen-bond acceptors (Lipinski definition) is 4. The average Bonchev–Trinajstić information content (AvgIpc) is 2.67. The molecule has 0 aliphatic rings. The Morgan fingerprint density at radius 3 is 1.88 bits per heavy atom. The van der Waals surface area contributed by atoms with Crippen LogP contribution in [0.25, 0.3) is 0 Å². The molecule has 4 nitrogen and oxygen atoms in total. The van der Waals surface area contributed by atoms with Crippen molar-refractivity contribution in [1.29, 1.82) is 0 Å². The zero-order chi connectivity index (χ0) is 17.6. The standard InChI is InChI=1S/C21H16O4/c22-18-13-11-17(12-14-18)21(24)25-20(16-9-5-2-6-10-16)19(23)15-7-3-1-4-8-15/h1-14,20,22H/t20-/m1/s1. The van der Waals surface area contributed by atoms with Gasteiger partial charge in [0.1, 0.15) is 5.75 Å². The molecule has 0 fully saturated rings. The summed E-state index contributed by atoms with van der Waals surface area (Å²) in [4.78, 5) is 25.3. The van der Waals surface area contributed by atoms with Crippen LogP contribution in [0.4, 0.5) is 0 Å². The number of carbonyl (C=O) groups excluding carboxylic acids is 2. The molecule has 0 amide bonds. The predicted molar refractivity (Wildman–Crippen MR) is 93.5 cm³/mol. The van der Waals surface area contributed by atoms with E-state index in [4.69, 9.17) is 4.74 Å². The maximum atomic E-state index is 12.8. The number of ketones is 1. The molecule has 3 aromatic carbocycles. The van der Waals surface area contributed by atoms with Crippen molar-refractivity contribution in [2.24, 2.45) is 0 Å². The second kappa shape index (κ2) is 7.45. The Morgan fingerprint density at radius 2 is 1.28 bits per heavy atom. The number of Topliss-reactive ketones (excluding diaryl/α,β-unsaturated/α-hetero) is 1. The van der Waals surface area contributed by atoms with Crippen LogP contribution < -0.4 is 0 Å². The monoisotopic (exact) mass is 332 g/mol. The molecule has 1 atom stereocenters. The molecule has 25 heavy (non-hydrogen) atoms. The lowest BCUT2D eigenvalue weighted by Gasteiger charge is -2.17. The summed E-state index contributed by atoms with van der Waals surface area (Å²) in [5, 5.41) is 9.33. The predicted octanol–water partition coefficient (Wildman–Crippen LogP) is 4.17. The average molecular weight is 332 g/mol. The van der Waals surface area contributed by atoms with E-state index in [2.05, 4.69) is 0 Å². The number of benzene rings is 3. The van der Waals surface area contributed by atoms with Gasteiger partial charge in [0.15, 0.2) is 6.10 Å². The molecule has 0 aliphatic heterocycles. The highest BCUT2D eigenvalue weighted by atomic mass is 16.5. The molecule has 0 unspecified atom stereocenters. The maximum Gasteiger partial charge on any atom is 0.339 e. The highest BCUT2D eigenvalue weighted by Crippen LogP contribution is 2.24. The van der Waals surface area contributed by atoms with E-state index in [9.17, 15) is 14.7 Å². The molecule has 0 aliphatic carbocycles. The molecule has 0 saturated heterocycles. The van der Waals surface area contributed by atoms with Gasteiger partial charge < -0.3 is 9.84 Å². The fourth-order valence-corrected chi connectivity index (χ4v) is 2.43. The summed E-state index contributed by atoms with van der Waals surface area (Å²) in [5.74, 6) is -0.867. The lowest BCUT2D eigenvalue weighted by molar-refractivity contribution is 0.0280. The second-order valence-corrected chi connectivity index (χ2v) is 5.47. The molecule has 0 aromatic heterocycles. The fourth-order valence-electron chi connectivity index (χ4n) is 2.43. The third-order valence-corrected chi connectivity index (χ3v) is 3.73. The summed E-state index contributed by atoms with van der Waals surface area (Å²) >= 11 is 0. The van der Waals surface area contributed by atoms with Gasteiger partial charge in [-0.1, -0.05) is 60.7 Å². The van der Waals surface area contributed by atoms with E-state index in [0.29, 0.717) is 11.1 Å². The molecular weight excluding hydrogens is 316 g/mol. The summed E-state index contributed by atoms with van der Waals surface area (Å²) < 4.78 is 5.51. The van der Waals surface area contributed by atoms with Crippen LogP contribution in [0, 0.1) is 0 Å². The summed E-state index contributed by atoms with van der Waals surface area (Å²) in [6.07, 6.45) is -1.04. The molecule has 3 rings (SSSR count). The van der Waals surface area contributed by atoms with Crippen LogP contribution in [0.5, 0.6) is 5.75 Å². The second-order valence-electron chi connectivity index (χ2n) is 5.47. The largest absolute Gasteiger partial charge is 0.508 e. The highest BCUT2D eigenvalue weighted by molar-refractivity contribution is 6.02. The molecule has 0 heterocycles. The van der Waals surface area contributed by atoms with Gasteiger partial charge in [-0.3, -0.25) is 4.79 Å². The van der Waals surface area contributed by atoms with E-state index in [0.717, 1.165) is 0 Å². The van der Waals surface area contributed by atoms with Gasteiger partial charge in [-0.25, -0.2) is 4.79 Å². The van der Waals surface area contributed by atoms with Crippen molar-refractivity contribution in [3.05, 3.63) is 102 Å². The number of aromatic hydroxyl groups is 1. The normalized spacial score (nSPS) is 11.5. The van der Waals surface area contributed by atoms with Gasteiger partial charge in [-0.05, 0) is 24.3 Å². The van der Waals surface area contributed by atoms with Crippen molar-refractivity contribution in [2.75, 3.05) is 0 Å². The molecule has 1 N–H and O–H groups in total. The summed E-state index contributed by atoms with van der Waals surface area (Å²) in [6.45, 7) is 0. The number of esters is 1.